The molecule has 5 heteroatoms. The van der Waals surface area contributed by atoms with Gasteiger partial charge in [-0.15, -0.1) is 0 Å². The summed E-state index contributed by atoms with van der Waals surface area (Å²) in [6.45, 7) is 9.01. The second-order valence-corrected chi connectivity index (χ2v) is 8.45. The van der Waals surface area contributed by atoms with Crippen molar-refractivity contribution in [2.75, 3.05) is 13.1 Å². The molecule has 1 atom stereocenters. The molecule has 0 amide bonds. The molecule has 0 spiro atoms. The largest absolute Gasteiger partial charge is 0.508 e. The van der Waals surface area contributed by atoms with Crippen LogP contribution < -0.4 is 5.32 Å². The minimum Gasteiger partial charge on any atom is -0.508 e. The first-order valence-corrected chi connectivity index (χ1v) is 9.79. The van der Waals surface area contributed by atoms with Gasteiger partial charge < -0.3 is 10.4 Å². The van der Waals surface area contributed by atoms with Crippen LogP contribution in [-0.2, 0) is 6.42 Å². The summed E-state index contributed by atoms with van der Waals surface area (Å²) in [7, 11) is 0. The van der Waals surface area contributed by atoms with Crippen LogP contribution in [0.2, 0.25) is 0 Å². The molecule has 142 valence electrons. The van der Waals surface area contributed by atoms with Gasteiger partial charge in [0.15, 0.2) is 5.65 Å². The lowest BCUT2D eigenvalue weighted by Crippen LogP contribution is -2.42. The Bertz CT molecular complexity index is 943. The molecule has 0 saturated carbocycles. The van der Waals surface area contributed by atoms with Gasteiger partial charge in [0.25, 0.3) is 0 Å². The van der Waals surface area contributed by atoms with E-state index in [0.717, 1.165) is 47.5 Å². The summed E-state index contributed by atoms with van der Waals surface area (Å²) in [6, 6.07) is 9.42. The topological polar surface area (TPSA) is 73.8 Å². The number of phenolic OH excluding ortho intramolecular Hbond substituents is 1. The molecule has 1 aromatic carbocycles. The number of rotatable bonds is 4. The molecule has 27 heavy (non-hydrogen) atoms. The van der Waals surface area contributed by atoms with E-state index in [1.807, 2.05) is 12.1 Å². The van der Waals surface area contributed by atoms with Crippen LogP contribution in [0.15, 0.2) is 30.3 Å². The van der Waals surface area contributed by atoms with Gasteiger partial charge in [0.2, 0.25) is 0 Å². The molecule has 3 N–H and O–H groups in total. The number of pyridine rings is 1. The second-order valence-electron chi connectivity index (χ2n) is 8.45. The molecule has 3 aromatic rings. The van der Waals surface area contributed by atoms with Crippen molar-refractivity contribution in [1.29, 1.82) is 0 Å². The maximum Gasteiger partial charge on any atom is 0.181 e. The summed E-state index contributed by atoms with van der Waals surface area (Å²) in [4.78, 5) is 4.75. The molecule has 2 aromatic heterocycles. The van der Waals surface area contributed by atoms with E-state index in [1.54, 1.807) is 12.1 Å². The lowest BCUT2D eigenvalue weighted by atomic mass is 9.72. The molecule has 5 nitrogen and oxygen atoms in total. The van der Waals surface area contributed by atoms with Gasteiger partial charge in [-0.25, -0.2) is 4.98 Å². The zero-order valence-electron chi connectivity index (χ0n) is 16.3. The number of nitrogens with zero attached hydrogens (tertiary/aromatic N) is 2. The highest BCUT2D eigenvalue weighted by Gasteiger charge is 2.31. The van der Waals surface area contributed by atoms with Crippen LogP contribution in [-0.4, -0.2) is 33.4 Å². The molecule has 4 rings (SSSR count). The first kappa shape index (κ1) is 18.0. The van der Waals surface area contributed by atoms with E-state index in [2.05, 4.69) is 42.4 Å². The molecule has 1 fully saturated rings. The Hall–Kier alpha value is -2.40. The molecule has 0 bridgehead atoms. The average Bonchev–Trinajstić information content (AvgIpc) is 3.02. The van der Waals surface area contributed by atoms with E-state index in [-0.39, 0.29) is 5.75 Å². The highest BCUT2D eigenvalue weighted by atomic mass is 16.3. The van der Waals surface area contributed by atoms with E-state index in [0.29, 0.717) is 11.3 Å². The normalized spacial score (nSPS) is 19.4. The fourth-order valence-corrected chi connectivity index (χ4v) is 4.33. The van der Waals surface area contributed by atoms with Crippen LogP contribution in [0.5, 0.6) is 5.75 Å². The minimum atomic E-state index is 0.267. The van der Waals surface area contributed by atoms with E-state index in [4.69, 9.17) is 4.98 Å². The fraction of sp³-hybridized carbons (Fsp3) is 0.455. The summed E-state index contributed by atoms with van der Waals surface area (Å²) in [5.74, 6) is 0.982. The maximum atomic E-state index is 9.57. The third kappa shape index (κ3) is 3.56. The molecule has 1 aliphatic heterocycles. The Morgan fingerprint density at radius 2 is 2.00 bits per heavy atom. The van der Waals surface area contributed by atoms with Crippen molar-refractivity contribution in [3.05, 3.63) is 41.6 Å². The second kappa shape index (κ2) is 6.97. The van der Waals surface area contributed by atoms with Crippen LogP contribution >= 0.6 is 0 Å². The number of hydrogen-bond donors (Lipinski definition) is 3. The van der Waals surface area contributed by atoms with Crippen LogP contribution in [0, 0.1) is 18.3 Å². The highest BCUT2D eigenvalue weighted by molar-refractivity contribution is 5.84. The lowest BCUT2D eigenvalue weighted by Gasteiger charge is -2.39. The Balaban J connectivity index is 1.68. The predicted octanol–water partition coefficient (Wildman–Crippen LogP) is 4.21. The molecule has 1 saturated heterocycles. The summed E-state index contributed by atoms with van der Waals surface area (Å²) in [5.41, 5.74) is 5.40. The lowest BCUT2D eigenvalue weighted by molar-refractivity contribution is 0.147. The number of aryl methyl sites for hydroxylation is 2. The molecule has 0 radical (unpaired) electrons. The standard InChI is InChI=1S/C22H28N4O/c1-14-20-16(4-7-17-10-11-23-13-22(17,2)3)12-19(24-21(20)26-25-14)15-5-8-18(27)9-6-15/h5-6,8-9,12,17,23,27H,4,7,10-11,13H2,1-3H3,(H,24,25,26). The van der Waals surface area contributed by atoms with Gasteiger partial charge in [0, 0.05) is 23.2 Å². The van der Waals surface area contributed by atoms with Crippen molar-refractivity contribution in [3.8, 4) is 17.0 Å². The Kier molecular flexibility index (Phi) is 4.64. The number of H-pyrrole nitrogens is 1. The molecular weight excluding hydrogens is 336 g/mol. The quantitative estimate of drug-likeness (QED) is 0.648. The van der Waals surface area contributed by atoms with E-state index in [1.165, 1.54) is 18.4 Å². The highest BCUT2D eigenvalue weighted by Crippen LogP contribution is 2.36. The van der Waals surface area contributed by atoms with Gasteiger partial charge in [0.05, 0.1) is 5.69 Å². The third-order valence-electron chi connectivity index (χ3n) is 6.07. The number of hydrogen-bond acceptors (Lipinski definition) is 4. The Morgan fingerprint density at radius 1 is 1.22 bits per heavy atom. The van der Waals surface area contributed by atoms with Crippen molar-refractivity contribution < 1.29 is 5.11 Å². The average molecular weight is 364 g/mol. The Morgan fingerprint density at radius 3 is 2.74 bits per heavy atom. The van der Waals surface area contributed by atoms with Crippen LogP contribution in [0.25, 0.3) is 22.3 Å². The molecule has 1 aliphatic rings. The summed E-state index contributed by atoms with van der Waals surface area (Å²) >= 11 is 0. The van der Waals surface area contributed by atoms with Gasteiger partial charge in [-0.1, -0.05) is 13.8 Å². The van der Waals surface area contributed by atoms with E-state index >= 15 is 0 Å². The van der Waals surface area contributed by atoms with Crippen molar-refractivity contribution in [3.63, 3.8) is 0 Å². The van der Waals surface area contributed by atoms with Gasteiger partial charge >= 0.3 is 0 Å². The summed E-state index contributed by atoms with van der Waals surface area (Å²) in [6.07, 6.45) is 3.43. The first-order chi connectivity index (χ1) is 12.9. The van der Waals surface area contributed by atoms with Crippen molar-refractivity contribution in [2.45, 2.75) is 40.0 Å². The third-order valence-corrected chi connectivity index (χ3v) is 6.07. The number of aromatic hydroxyl groups is 1. The number of aromatic amines is 1. The van der Waals surface area contributed by atoms with Gasteiger partial charge in [-0.05, 0) is 80.0 Å². The Labute approximate surface area is 160 Å². The number of phenols is 1. The van der Waals surface area contributed by atoms with E-state index in [9.17, 15) is 5.11 Å². The van der Waals surface area contributed by atoms with Crippen molar-refractivity contribution in [1.82, 2.24) is 20.5 Å². The minimum absolute atomic E-state index is 0.267. The molecule has 1 unspecified atom stereocenters. The molecule has 0 aliphatic carbocycles. The van der Waals surface area contributed by atoms with Crippen molar-refractivity contribution >= 4 is 11.0 Å². The van der Waals surface area contributed by atoms with Gasteiger partial charge in [0.1, 0.15) is 5.75 Å². The molecular formula is C22H28N4O. The predicted molar refractivity (Wildman–Crippen MR) is 109 cm³/mol. The number of piperidine rings is 1. The van der Waals surface area contributed by atoms with Gasteiger partial charge in [-0.3, -0.25) is 5.10 Å². The van der Waals surface area contributed by atoms with Crippen molar-refractivity contribution in [2.24, 2.45) is 11.3 Å². The smallest absolute Gasteiger partial charge is 0.181 e. The monoisotopic (exact) mass is 364 g/mol. The van der Waals surface area contributed by atoms with Crippen LogP contribution in [0.1, 0.15) is 37.9 Å². The molecule has 3 heterocycles. The number of fused-ring (bicyclic) bond motifs is 1. The number of aromatic nitrogens is 3. The summed E-state index contributed by atoms with van der Waals surface area (Å²) in [5, 5.41) is 21.8. The van der Waals surface area contributed by atoms with E-state index < -0.39 is 0 Å². The number of nitrogens with one attached hydrogen (secondary N) is 2. The van der Waals surface area contributed by atoms with Crippen LogP contribution in [0.3, 0.4) is 0 Å². The summed E-state index contributed by atoms with van der Waals surface area (Å²) < 4.78 is 0. The zero-order chi connectivity index (χ0) is 19.0. The zero-order valence-corrected chi connectivity index (χ0v) is 16.3. The maximum absolute atomic E-state index is 9.57. The first-order valence-electron chi connectivity index (χ1n) is 9.79. The van der Waals surface area contributed by atoms with Crippen LogP contribution in [0.4, 0.5) is 0 Å². The fourth-order valence-electron chi connectivity index (χ4n) is 4.33. The van der Waals surface area contributed by atoms with Gasteiger partial charge in [-0.2, -0.15) is 5.10 Å². The SMILES string of the molecule is Cc1[nH]nc2nc(-c3ccc(O)cc3)cc(CCC3CCNCC3(C)C)c12. The number of benzene rings is 1.